The first-order chi connectivity index (χ1) is 9.60. The first kappa shape index (κ1) is 13.5. The van der Waals surface area contributed by atoms with Crippen molar-refractivity contribution in [1.82, 2.24) is 9.55 Å². The van der Waals surface area contributed by atoms with E-state index in [0.717, 1.165) is 5.69 Å². The third kappa shape index (κ3) is 3.08. The average Bonchev–Trinajstić information content (AvgIpc) is 2.93. The number of esters is 1. The zero-order valence-corrected chi connectivity index (χ0v) is 10.6. The number of ether oxygens (including phenoxy) is 1. The third-order valence-electron chi connectivity index (χ3n) is 2.55. The van der Waals surface area contributed by atoms with Crippen molar-refractivity contribution in [3.8, 4) is 5.69 Å². The predicted octanol–water partition coefficient (Wildman–Crippen LogP) is 1.97. The number of carbonyl (C=O) groups is 1. The minimum atomic E-state index is -0.463. The monoisotopic (exact) mass is 273 g/mol. The SMILES string of the molecule is COC(=O)/C=C/c1cn(-c2ccc([N+](=O)[O-])cc2)cn1. The molecule has 7 nitrogen and oxygen atoms in total. The first-order valence-corrected chi connectivity index (χ1v) is 5.65. The Labute approximate surface area is 114 Å². The summed E-state index contributed by atoms with van der Waals surface area (Å²) in [5, 5.41) is 10.6. The van der Waals surface area contributed by atoms with E-state index in [1.165, 1.54) is 31.4 Å². The maximum Gasteiger partial charge on any atom is 0.330 e. The van der Waals surface area contributed by atoms with Gasteiger partial charge in [0.2, 0.25) is 0 Å². The number of nitrogens with zero attached hydrogens (tertiary/aromatic N) is 3. The summed E-state index contributed by atoms with van der Waals surface area (Å²) in [7, 11) is 1.29. The minimum absolute atomic E-state index is 0.0275. The van der Waals surface area contributed by atoms with Crippen molar-refractivity contribution in [3.63, 3.8) is 0 Å². The zero-order valence-electron chi connectivity index (χ0n) is 10.6. The number of aromatic nitrogens is 2. The van der Waals surface area contributed by atoms with E-state index in [-0.39, 0.29) is 5.69 Å². The highest BCUT2D eigenvalue weighted by Gasteiger charge is 2.05. The first-order valence-electron chi connectivity index (χ1n) is 5.65. The molecule has 0 aliphatic carbocycles. The summed E-state index contributed by atoms with van der Waals surface area (Å²) in [6, 6.07) is 6.07. The van der Waals surface area contributed by atoms with Crippen molar-refractivity contribution in [2.45, 2.75) is 0 Å². The molecule has 1 aromatic heterocycles. The van der Waals surface area contributed by atoms with E-state index in [1.807, 2.05) is 0 Å². The molecule has 2 aromatic rings. The molecule has 0 amide bonds. The Hall–Kier alpha value is -2.96. The van der Waals surface area contributed by atoms with Crippen LogP contribution in [0.2, 0.25) is 0 Å². The Morgan fingerprint density at radius 1 is 1.40 bits per heavy atom. The molecule has 102 valence electrons. The molecule has 2 rings (SSSR count). The number of nitro groups is 1. The lowest BCUT2D eigenvalue weighted by atomic mass is 10.3. The van der Waals surface area contributed by atoms with Gasteiger partial charge in [0.15, 0.2) is 0 Å². The number of hydrogen-bond donors (Lipinski definition) is 0. The molecular formula is C13H11N3O4. The van der Waals surface area contributed by atoms with Crippen LogP contribution in [-0.2, 0) is 9.53 Å². The second-order valence-electron chi connectivity index (χ2n) is 3.84. The molecular weight excluding hydrogens is 262 g/mol. The number of methoxy groups -OCH3 is 1. The van der Waals surface area contributed by atoms with Gasteiger partial charge >= 0.3 is 5.97 Å². The van der Waals surface area contributed by atoms with Crippen LogP contribution in [0.5, 0.6) is 0 Å². The highest BCUT2D eigenvalue weighted by molar-refractivity contribution is 5.86. The summed E-state index contributed by atoms with van der Waals surface area (Å²) in [6.45, 7) is 0. The summed E-state index contributed by atoms with van der Waals surface area (Å²) in [5.74, 6) is -0.463. The van der Waals surface area contributed by atoms with E-state index in [4.69, 9.17) is 0 Å². The van der Waals surface area contributed by atoms with Gasteiger partial charge in [0, 0.05) is 30.1 Å². The molecule has 7 heteroatoms. The minimum Gasteiger partial charge on any atom is -0.466 e. The zero-order chi connectivity index (χ0) is 14.5. The number of carbonyl (C=O) groups excluding carboxylic acids is 1. The summed E-state index contributed by atoms with van der Waals surface area (Å²) in [5.41, 5.74) is 1.34. The van der Waals surface area contributed by atoms with Crippen molar-refractivity contribution >= 4 is 17.7 Å². The Morgan fingerprint density at radius 3 is 2.70 bits per heavy atom. The Kier molecular flexibility index (Phi) is 3.90. The van der Waals surface area contributed by atoms with Crippen LogP contribution in [0.4, 0.5) is 5.69 Å². The maximum absolute atomic E-state index is 11.0. The van der Waals surface area contributed by atoms with Gasteiger partial charge in [-0.1, -0.05) is 0 Å². The van der Waals surface area contributed by atoms with Gasteiger partial charge in [-0.25, -0.2) is 9.78 Å². The van der Waals surface area contributed by atoms with E-state index in [9.17, 15) is 14.9 Å². The Balaban J connectivity index is 2.18. The second-order valence-corrected chi connectivity index (χ2v) is 3.84. The molecule has 0 unspecified atom stereocenters. The lowest BCUT2D eigenvalue weighted by Gasteiger charge is -2.00. The van der Waals surface area contributed by atoms with Gasteiger partial charge in [0.05, 0.1) is 24.1 Å². The maximum atomic E-state index is 11.0. The summed E-state index contributed by atoms with van der Waals surface area (Å²) in [6.07, 6.45) is 6.04. The van der Waals surface area contributed by atoms with Crippen LogP contribution in [-0.4, -0.2) is 27.6 Å². The number of imidazole rings is 1. The van der Waals surface area contributed by atoms with Gasteiger partial charge in [-0.05, 0) is 18.2 Å². The van der Waals surface area contributed by atoms with Crippen LogP contribution < -0.4 is 0 Å². The van der Waals surface area contributed by atoms with Gasteiger partial charge in [-0.15, -0.1) is 0 Å². The lowest BCUT2D eigenvalue weighted by Crippen LogP contribution is -1.93. The fourth-order valence-corrected chi connectivity index (χ4v) is 1.53. The molecule has 0 fully saturated rings. The standard InChI is InChI=1S/C13H11N3O4/c1-20-13(17)7-2-10-8-15(9-14-10)11-3-5-12(6-4-11)16(18)19/h2-9H,1H3/b7-2+. The Bertz CT molecular complexity index is 659. The largest absolute Gasteiger partial charge is 0.466 e. The quantitative estimate of drug-likeness (QED) is 0.368. The summed E-state index contributed by atoms with van der Waals surface area (Å²) >= 11 is 0. The van der Waals surface area contributed by atoms with E-state index in [0.29, 0.717) is 5.69 Å². The summed E-state index contributed by atoms with van der Waals surface area (Å²) < 4.78 is 6.17. The summed E-state index contributed by atoms with van der Waals surface area (Å²) in [4.78, 5) is 25.2. The van der Waals surface area contributed by atoms with Crippen molar-refractivity contribution in [3.05, 3.63) is 58.7 Å². The van der Waals surface area contributed by atoms with E-state index < -0.39 is 10.9 Å². The highest BCUT2D eigenvalue weighted by atomic mass is 16.6. The highest BCUT2D eigenvalue weighted by Crippen LogP contribution is 2.15. The number of non-ortho nitro benzene ring substituents is 1. The molecule has 0 bridgehead atoms. The molecule has 1 aromatic carbocycles. The van der Waals surface area contributed by atoms with Gasteiger partial charge in [0.25, 0.3) is 5.69 Å². The van der Waals surface area contributed by atoms with Gasteiger partial charge in [-0.3, -0.25) is 10.1 Å². The molecule has 0 aliphatic rings. The fourth-order valence-electron chi connectivity index (χ4n) is 1.53. The number of hydrogen-bond acceptors (Lipinski definition) is 5. The average molecular weight is 273 g/mol. The van der Waals surface area contributed by atoms with E-state index >= 15 is 0 Å². The van der Waals surface area contributed by atoms with Crippen molar-refractivity contribution in [2.75, 3.05) is 7.11 Å². The van der Waals surface area contributed by atoms with Crippen molar-refractivity contribution < 1.29 is 14.5 Å². The van der Waals surface area contributed by atoms with Crippen LogP contribution in [0, 0.1) is 10.1 Å². The molecule has 0 saturated carbocycles. The number of rotatable bonds is 4. The second kappa shape index (κ2) is 5.79. The van der Waals surface area contributed by atoms with Crippen LogP contribution in [0.3, 0.4) is 0 Å². The molecule has 0 spiro atoms. The van der Waals surface area contributed by atoms with Gasteiger partial charge in [0.1, 0.15) is 0 Å². The van der Waals surface area contributed by atoms with Crippen LogP contribution >= 0.6 is 0 Å². The molecule has 0 N–H and O–H groups in total. The van der Waals surface area contributed by atoms with E-state index in [1.54, 1.807) is 29.2 Å². The number of nitro benzene ring substituents is 1. The van der Waals surface area contributed by atoms with Crippen molar-refractivity contribution in [1.29, 1.82) is 0 Å². The lowest BCUT2D eigenvalue weighted by molar-refractivity contribution is -0.384. The number of benzene rings is 1. The molecule has 0 saturated heterocycles. The molecule has 20 heavy (non-hydrogen) atoms. The fraction of sp³-hybridized carbons (Fsp3) is 0.0769. The normalized spacial score (nSPS) is 10.7. The topological polar surface area (TPSA) is 87.3 Å². The molecule has 0 atom stereocenters. The third-order valence-corrected chi connectivity index (χ3v) is 2.55. The Morgan fingerprint density at radius 2 is 2.10 bits per heavy atom. The predicted molar refractivity (Wildman–Crippen MR) is 71.3 cm³/mol. The van der Waals surface area contributed by atoms with E-state index in [2.05, 4.69) is 9.72 Å². The van der Waals surface area contributed by atoms with Crippen LogP contribution in [0.25, 0.3) is 11.8 Å². The van der Waals surface area contributed by atoms with Gasteiger partial charge in [-0.2, -0.15) is 0 Å². The smallest absolute Gasteiger partial charge is 0.330 e. The van der Waals surface area contributed by atoms with Crippen molar-refractivity contribution in [2.24, 2.45) is 0 Å². The van der Waals surface area contributed by atoms with Crippen LogP contribution in [0.15, 0.2) is 42.9 Å². The molecule has 1 heterocycles. The molecule has 0 aliphatic heterocycles. The molecule has 0 radical (unpaired) electrons. The van der Waals surface area contributed by atoms with Crippen LogP contribution in [0.1, 0.15) is 5.69 Å². The van der Waals surface area contributed by atoms with Gasteiger partial charge < -0.3 is 9.30 Å².